The van der Waals surface area contributed by atoms with E-state index in [-0.39, 0.29) is 24.4 Å². The Morgan fingerprint density at radius 2 is 1.28 bits per heavy atom. The lowest BCUT2D eigenvalue weighted by molar-refractivity contribution is -0.137. The molecule has 0 fully saturated rings. The lowest BCUT2D eigenvalue weighted by Crippen LogP contribution is -2.33. The number of aldehydes is 1. The number of amides is 2. The number of rotatable bonds is 13. The SMILES string of the molecule is COc1c(F)c(F)cc(F)c1F.O=CCCOCCOCCOCCN1C(=O)C=CC1=O. The molecular formula is C20H23F4NO7. The van der Waals surface area contributed by atoms with Gasteiger partial charge in [0.05, 0.1) is 53.3 Å². The minimum absolute atomic E-state index is 0.118. The second kappa shape index (κ2) is 15.1. The number of hydrogen-bond acceptors (Lipinski definition) is 7. The lowest BCUT2D eigenvalue weighted by atomic mass is 10.3. The van der Waals surface area contributed by atoms with Gasteiger partial charge in [-0.2, -0.15) is 8.78 Å². The molecule has 0 saturated heterocycles. The number of methoxy groups -OCH3 is 1. The number of halogens is 4. The predicted octanol–water partition coefficient (Wildman–Crippen LogP) is 1.80. The van der Waals surface area contributed by atoms with E-state index < -0.39 is 29.0 Å². The van der Waals surface area contributed by atoms with Crippen LogP contribution in [-0.4, -0.2) is 76.3 Å². The van der Waals surface area contributed by atoms with E-state index in [0.717, 1.165) is 18.3 Å². The van der Waals surface area contributed by atoms with Gasteiger partial charge < -0.3 is 23.7 Å². The Morgan fingerprint density at radius 3 is 1.75 bits per heavy atom. The predicted molar refractivity (Wildman–Crippen MR) is 102 cm³/mol. The maximum Gasteiger partial charge on any atom is 0.253 e. The molecule has 8 nitrogen and oxygen atoms in total. The Labute approximate surface area is 181 Å². The molecule has 0 N–H and O–H groups in total. The van der Waals surface area contributed by atoms with Crippen LogP contribution < -0.4 is 4.74 Å². The molecule has 0 unspecified atom stereocenters. The lowest BCUT2D eigenvalue weighted by Gasteiger charge is -2.13. The van der Waals surface area contributed by atoms with E-state index in [1.54, 1.807) is 0 Å². The summed E-state index contributed by atoms with van der Waals surface area (Å²) in [5.41, 5.74) is 0. The van der Waals surface area contributed by atoms with Gasteiger partial charge in [-0.15, -0.1) is 0 Å². The molecule has 0 aromatic heterocycles. The van der Waals surface area contributed by atoms with Crippen LogP contribution >= 0.6 is 0 Å². The Bertz CT molecular complexity index is 760. The molecule has 1 aromatic carbocycles. The van der Waals surface area contributed by atoms with E-state index in [1.165, 1.54) is 12.2 Å². The van der Waals surface area contributed by atoms with E-state index >= 15 is 0 Å². The minimum atomic E-state index is -1.53. The molecule has 12 heteroatoms. The number of ether oxygens (including phenoxy) is 4. The first kappa shape index (κ1) is 27.2. The third-order valence-electron chi connectivity index (χ3n) is 3.76. The van der Waals surface area contributed by atoms with Gasteiger partial charge in [-0.3, -0.25) is 14.5 Å². The number of benzene rings is 1. The molecule has 1 aromatic rings. The van der Waals surface area contributed by atoms with E-state index in [9.17, 15) is 31.9 Å². The van der Waals surface area contributed by atoms with Crippen molar-refractivity contribution in [2.45, 2.75) is 6.42 Å². The van der Waals surface area contributed by atoms with Crippen molar-refractivity contribution < 1.29 is 50.9 Å². The summed E-state index contributed by atoms with van der Waals surface area (Å²) in [5.74, 6) is -7.68. The van der Waals surface area contributed by atoms with Crippen LogP contribution in [0.3, 0.4) is 0 Å². The zero-order chi connectivity index (χ0) is 23.9. The van der Waals surface area contributed by atoms with Crippen molar-refractivity contribution >= 4 is 18.1 Å². The summed E-state index contributed by atoms with van der Waals surface area (Å²) in [6, 6.07) is 0.118. The van der Waals surface area contributed by atoms with Crippen molar-refractivity contribution in [3.8, 4) is 5.75 Å². The molecule has 1 heterocycles. The van der Waals surface area contributed by atoms with Crippen LogP contribution in [0, 0.1) is 23.3 Å². The second-order valence-electron chi connectivity index (χ2n) is 5.96. The highest BCUT2D eigenvalue weighted by Crippen LogP contribution is 2.25. The van der Waals surface area contributed by atoms with Crippen molar-refractivity contribution in [1.29, 1.82) is 0 Å². The number of hydrogen-bond donors (Lipinski definition) is 0. The summed E-state index contributed by atoms with van der Waals surface area (Å²) in [6.07, 6.45) is 3.69. The van der Waals surface area contributed by atoms with Crippen LogP contribution in [0.5, 0.6) is 5.75 Å². The van der Waals surface area contributed by atoms with Crippen molar-refractivity contribution in [3.63, 3.8) is 0 Å². The summed E-state index contributed by atoms with van der Waals surface area (Å²) in [7, 11) is 0.917. The molecule has 0 saturated carbocycles. The van der Waals surface area contributed by atoms with Gasteiger partial charge in [0.1, 0.15) is 6.29 Å². The van der Waals surface area contributed by atoms with Crippen molar-refractivity contribution in [2.75, 3.05) is 53.3 Å². The van der Waals surface area contributed by atoms with Gasteiger partial charge in [0, 0.05) is 24.6 Å². The highest BCUT2D eigenvalue weighted by molar-refractivity contribution is 6.12. The minimum Gasteiger partial charge on any atom is -0.491 e. The van der Waals surface area contributed by atoms with E-state index in [2.05, 4.69) is 4.74 Å². The van der Waals surface area contributed by atoms with Crippen molar-refractivity contribution in [2.24, 2.45) is 0 Å². The van der Waals surface area contributed by atoms with Gasteiger partial charge in [0.2, 0.25) is 11.6 Å². The monoisotopic (exact) mass is 465 g/mol. The average molecular weight is 465 g/mol. The molecule has 0 aliphatic carbocycles. The first-order valence-corrected chi connectivity index (χ1v) is 9.40. The van der Waals surface area contributed by atoms with Crippen LogP contribution in [0.4, 0.5) is 17.6 Å². The van der Waals surface area contributed by atoms with Crippen LogP contribution in [0.15, 0.2) is 18.2 Å². The molecule has 1 aliphatic rings. The number of nitrogens with zero attached hydrogens (tertiary/aromatic N) is 1. The van der Waals surface area contributed by atoms with Crippen LogP contribution in [0.1, 0.15) is 6.42 Å². The Kier molecular flexibility index (Phi) is 12.8. The fraction of sp³-hybridized carbons (Fsp3) is 0.450. The van der Waals surface area contributed by atoms with Gasteiger partial charge in [0.25, 0.3) is 11.8 Å². The normalized spacial score (nSPS) is 12.7. The molecule has 2 rings (SSSR count). The highest BCUT2D eigenvalue weighted by Gasteiger charge is 2.22. The zero-order valence-corrected chi connectivity index (χ0v) is 17.3. The fourth-order valence-electron chi connectivity index (χ4n) is 2.21. The summed E-state index contributed by atoms with van der Waals surface area (Å²) < 4.78 is 69.5. The summed E-state index contributed by atoms with van der Waals surface area (Å²) >= 11 is 0. The molecule has 178 valence electrons. The van der Waals surface area contributed by atoms with Crippen molar-refractivity contribution in [3.05, 3.63) is 41.5 Å². The largest absolute Gasteiger partial charge is 0.491 e. The number of imide groups is 1. The van der Waals surface area contributed by atoms with Gasteiger partial charge in [0.15, 0.2) is 17.4 Å². The first-order valence-electron chi connectivity index (χ1n) is 9.40. The second-order valence-corrected chi connectivity index (χ2v) is 5.96. The molecule has 32 heavy (non-hydrogen) atoms. The first-order chi connectivity index (χ1) is 15.3. The molecule has 0 spiro atoms. The standard InChI is InChI=1S/C13H19NO6.C7H4F4O/c15-5-1-6-18-8-10-20-11-9-19-7-4-14-12(16)2-3-13(14)17;1-12-7-5(10)3(8)2-4(9)6(7)11/h2-3,5H,1,4,6-11H2;2H,1H3. The van der Waals surface area contributed by atoms with E-state index in [1.807, 2.05) is 0 Å². The van der Waals surface area contributed by atoms with Gasteiger partial charge >= 0.3 is 0 Å². The van der Waals surface area contributed by atoms with Crippen LogP contribution in [0.25, 0.3) is 0 Å². The Hall–Kier alpha value is -2.83. The number of carbonyl (C=O) groups is 3. The third kappa shape index (κ3) is 9.12. The maximum atomic E-state index is 12.5. The smallest absolute Gasteiger partial charge is 0.253 e. The number of carbonyl (C=O) groups excluding carboxylic acids is 3. The molecule has 0 bridgehead atoms. The highest BCUT2D eigenvalue weighted by atomic mass is 19.2. The molecule has 1 aliphatic heterocycles. The average Bonchev–Trinajstić information content (AvgIpc) is 3.09. The van der Waals surface area contributed by atoms with E-state index in [4.69, 9.17) is 14.2 Å². The molecule has 2 amide bonds. The summed E-state index contributed by atoms with van der Waals surface area (Å²) in [4.78, 5) is 33.5. The van der Waals surface area contributed by atoms with Gasteiger partial charge in [-0.1, -0.05) is 0 Å². The van der Waals surface area contributed by atoms with Crippen LogP contribution in [-0.2, 0) is 28.6 Å². The maximum absolute atomic E-state index is 12.5. The van der Waals surface area contributed by atoms with Gasteiger partial charge in [-0.05, 0) is 0 Å². The molecule has 0 atom stereocenters. The Morgan fingerprint density at radius 1 is 0.812 bits per heavy atom. The summed E-state index contributed by atoms with van der Waals surface area (Å²) in [6.45, 7) is 2.63. The fourth-order valence-corrected chi connectivity index (χ4v) is 2.21. The zero-order valence-electron chi connectivity index (χ0n) is 17.3. The topological polar surface area (TPSA) is 91.4 Å². The van der Waals surface area contributed by atoms with Gasteiger partial charge in [-0.25, -0.2) is 8.78 Å². The summed E-state index contributed by atoms with van der Waals surface area (Å²) in [5, 5.41) is 0. The molecular weight excluding hydrogens is 442 g/mol. The Balaban J connectivity index is 0.000000363. The third-order valence-corrected chi connectivity index (χ3v) is 3.76. The quantitative estimate of drug-likeness (QED) is 0.144. The molecule has 0 radical (unpaired) electrons. The van der Waals surface area contributed by atoms with E-state index in [0.29, 0.717) is 46.1 Å². The van der Waals surface area contributed by atoms with Crippen molar-refractivity contribution in [1.82, 2.24) is 4.90 Å². The van der Waals surface area contributed by atoms with Crippen LogP contribution in [0.2, 0.25) is 0 Å².